The van der Waals surface area contributed by atoms with Crippen molar-refractivity contribution >= 4 is 5.82 Å². The Balaban J connectivity index is 1.59. The minimum absolute atomic E-state index is 0.0802. The number of anilines is 1. The van der Waals surface area contributed by atoms with Crippen molar-refractivity contribution in [1.29, 1.82) is 0 Å². The molecule has 3 aromatic rings. The van der Waals surface area contributed by atoms with Crippen molar-refractivity contribution in [2.24, 2.45) is 0 Å². The van der Waals surface area contributed by atoms with Gasteiger partial charge in [0.05, 0.1) is 23.7 Å². The molecule has 0 bridgehead atoms. The third-order valence-corrected chi connectivity index (χ3v) is 6.66. The number of rotatable bonds is 8. The molecule has 2 atom stereocenters. The van der Waals surface area contributed by atoms with Crippen molar-refractivity contribution in [3.05, 3.63) is 59.7 Å². The summed E-state index contributed by atoms with van der Waals surface area (Å²) in [7, 11) is 3.79. The molecule has 1 aliphatic rings. The Morgan fingerprint density at radius 3 is 2.63 bits per heavy atom. The van der Waals surface area contributed by atoms with E-state index < -0.39 is 29.6 Å². The van der Waals surface area contributed by atoms with E-state index in [-0.39, 0.29) is 23.7 Å². The highest BCUT2D eigenvalue weighted by molar-refractivity contribution is 5.60. The van der Waals surface area contributed by atoms with E-state index in [9.17, 15) is 17.6 Å². The Morgan fingerprint density at radius 1 is 1.21 bits per heavy atom. The fourth-order valence-electron chi connectivity index (χ4n) is 4.56. The van der Waals surface area contributed by atoms with Crippen molar-refractivity contribution < 1.29 is 22.0 Å². The quantitative estimate of drug-likeness (QED) is 0.392. The highest BCUT2D eigenvalue weighted by atomic mass is 19.4. The molecule has 12 heteroatoms. The summed E-state index contributed by atoms with van der Waals surface area (Å²) in [5, 5.41) is 1.78. The lowest BCUT2D eigenvalue weighted by Gasteiger charge is -2.35. The van der Waals surface area contributed by atoms with Crippen LogP contribution in [0.15, 0.2) is 36.9 Å². The molecule has 1 unspecified atom stereocenters. The van der Waals surface area contributed by atoms with Crippen LogP contribution in [0.1, 0.15) is 49.1 Å². The van der Waals surface area contributed by atoms with Gasteiger partial charge in [-0.15, -0.1) is 0 Å². The summed E-state index contributed by atoms with van der Waals surface area (Å²) in [5.41, 5.74) is 3.16. The molecule has 0 spiro atoms. The van der Waals surface area contributed by atoms with Gasteiger partial charge in [-0.05, 0) is 44.6 Å². The fraction of sp³-hybridized carbons (Fsp3) is 0.500. The largest absolute Gasteiger partial charge is 0.419 e. The van der Waals surface area contributed by atoms with Gasteiger partial charge in [-0.3, -0.25) is 0 Å². The van der Waals surface area contributed by atoms with Gasteiger partial charge in [0.15, 0.2) is 0 Å². The Hall–Kier alpha value is -3.12. The van der Waals surface area contributed by atoms with Crippen LogP contribution in [0, 0.1) is 5.82 Å². The predicted molar refractivity (Wildman–Crippen MR) is 135 cm³/mol. The lowest BCUT2D eigenvalue weighted by atomic mass is 9.94. The zero-order valence-corrected chi connectivity index (χ0v) is 21.8. The number of hydrogen-bond acceptors (Lipinski definition) is 6. The summed E-state index contributed by atoms with van der Waals surface area (Å²) < 4.78 is 71.2. The monoisotopic (exact) mass is 537 g/mol. The van der Waals surface area contributed by atoms with Gasteiger partial charge < -0.3 is 14.9 Å². The van der Waals surface area contributed by atoms with Crippen LogP contribution < -0.4 is 5.43 Å². The number of halogens is 5. The van der Waals surface area contributed by atoms with E-state index in [1.165, 1.54) is 12.4 Å². The summed E-state index contributed by atoms with van der Waals surface area (Å²) in [5.74, 6) is -0.615. The van der Waals surface area contributed by atoms with Gasteiger partial charge in [-0.2, -0.15) is 13.2 Å². The molecule has 4 rings (SSSR count). The Bertz CT molecular complexity index is 1240. The maximum atomic E-state index is 15.6. The second-order valence-electron chi connectivity index (χ2n) is 10.1. The summed E-state index contributed by atoms with van der Waals surface area (Å²) >= 11 is 0. The molecule has 7 nitrogen and oxygen atoms in total. The predicted octanol–water partition coefficient (Wildman–Crippen LogP) is 5.34. The van der Waals surface area contributed by atoms with Gasteiger partial charge in [-0.25, -0.2) is 28.7 Å². The molecule has 1 fully saturated rings. The molecule has 0 saturated carbocycles. The first kappa shape index (κ1) is 27.9. The number of aromatic nitrogens is 4. The molecule has 3 heterocycles. The topological polar surface area (TPSA) is 62.1 Å². The van der Waals surface area contributed by atoms with Gasteiger partial charge >= 0.3 is 6.18 Å². The van der Waals surface area contributed by atoms with E-state index in [0.717, 1.165) is 17.7 Å². The Kier molecular flexibility index (Phi) is 8.31. The van der Waals surface area contributed by atoms with Gasteiger partial charge in [0.2, 0.25) is 0 Å². The zero-order chi connectivity index (χ0) is 27.6. The molecule has 1 N–H and O–H groups in total. The smallest absolute Gasteiger partial charge is 0.333 e. The summed E-state index contributed by atoms with van der Waals surface area (Å²) in [6.45, 7) is 5.75. The van der Waals surface area contributed by atoms with Crippen LogP contribution >= 0.6 is 0 Å². The average Bonchev–Trinajstić information content (AvgIpc) is 3.26. The maximum absolute atomic E-state index is 15.6. The summed E-state index contributed by atoms with van der Waals surface area (Å²) in [4.78, 5) is 14.9. The molecule has 1 aliphatic heterocycles. The minimum atomic E-state index is -4.83. The number of nitrogens with zero attached hydrogens (tertiary/aromatic N) is 6. The van der Waals surface area contributed by atoms with Crippen molar-refractivity contribution in [2.45, 2.75) is 51.0 Å². The van der Waals surface area contributed by atoms with Crippen LogP contribution in [-0.2, 0) is 12.7 Å². The first-order valence-electron chi connectivity index (χ1n) is 12.5. The second-order valence-corrected chi connectivity index (χ2v) is 10.1. The molecule has 206 valence electrons. The molecule has 2 aromatic heterocycles. The van der Waals surface area contributed by atoms with Crippen LogP contribution in [0.2, 0.25) is 0 Å². The highest BCUT2D eigenvalue weighted by Crippen LogP contribution is 2.36. The molecular formula is C26H32F5N7. The van der Waals surface area contributed by atoms with Gasteiger partial charge in [0.25, 0.3) is 0 Å². The van der Waals surface area contributed by atoms with Gasteiger partial charge in [0.1, 0.15) is 30.0 Å². The van der Waals surface area contributed by atoms with Crippen LogP contribution in [0.25, 0.3) is 11.3 Å². The zero-order valence-electron chi connectivity index (χ0n) is 21.8. The number of piperidine rings is 1. The first-order chi connectivity index (χ1) is 17.9. The van der Waals surface area contributed by atoms with Crippen LogP contribution in [-0.4, -0.2) is 69.3 Å². The SMILES string of the molecule is CC(C)c1cncnc1NN1CCC(c2nc(-c3ccc(F)c(C(F)(F)F)c3)cn2CCN(C)C)[C@H](F)C1. The van der Waals surface area contributed by atoms with E-state index in [1.54, 1.807) is 22.0 Å². The van der Waals surface area contributed by atoms with E-state index >= 15 is 4.39 Å². The molecule has 1 saturated heterocycles. The normalized spacial score (nSPS) is 18.9. The van der Waals surface area contributed by atoms with E-state index in [1.807, 2.05) is 32.8 Å². The molecule has 0 amide bonds. The Morgan fingerprint density at radius 2 is 1.97 bits per heavy atom. The minimum Gasteiger partial charge on any atom is -0.333 e. The van der Waals surface area contributed by atoms with E-state index in [4.69, 9.17) is 0 Å². The number of hydrogen-bond donors (Lipinski definition) is 1. The molecular weight excluding hydrogens is 505 g/mol. The van der Waals surface area contributed by atoms with Crippen molar-refractivity contribution in [3.63, 3.8) is 0 Å². The fourth-order valence-corrected chi connectivity index (χ4v) is 4.56. The number of alkyl halides is 4. The number of benzene rings is 1. The lowest BCUT2D eigenvalue weighted by molar-refractivity contribution is -0.139. The molecule has 38 heavy (non-hydrogen) atoms. The lowest BCUT2D eigenvalue weighted by Crippen LogP contribution is -2.44. The van der Waals surface area contributed by atoms with E-state index in [2.05, 4.69) is 20.4 Å². The van der Waals surface area contributed by atoms with Crippen molar-refractivity contribution in [3.8, 4) is 11.3 Å². The molecule has 1 aromatic carbocycles. The Labute approximate surface area is 218 Å². The number of hydrazine groups is 1. The van der Waals surface area contributed by atoms with E-state index in [0.29, 0.717) is 37.7 Å². The summed E-state index contributed by atoms with van der Waals surface area (Å²) in [6.07, 6.45) is -0.878. The third kappa shape index (κ3) is 6.29. The van der Waals surface area contributed by atoms with Gasteiger partial charge in [-0.1, -0.05) is 13.8 Å². The van der Waals surface area contributed by atoms with Crippen LogP contribution in [0.3, 0.4) is 0 Å². The van der Waals surface area contributed by atoms with Crippen LogP contribution in [0.5, 0.6) is 0 Å². The van der Waals surface area contributed by atoms with Crippen LogP contribution in [0.4, 0.5) is 27.8 Å². The number of imidazole rings is 1. The maximum Gasteiger partial charge on any atom is 0.419 e. The van der Waals surface area contributed by atoms with Gasteiger partial charge in [0, 0.05) is 43.2 Å². The molecule has 0 aliphatic carbocycles. The average molecular weight is 538 g/mol. The second kappa shape index (κ2) is 11.3. The molecule has 0 radical (unpaired) electrons. The standard InChI is InChI=1S/C26H32F5N7/c1-16(2)19-12-32-15-33-24(19)35-38-8-7-18(22(28)13-38)25-34-23(14-37(25)10-9-36(3)4)17-5-6-21(27)20(11-17)26(29,30)31/h5-6,11-12,14-16,18,22H,7-10,13H2,1-4H3,(H,32,33,35)/t18?,22-/m1/s1. The third-order valence-electron chi connectivity index (χ3n) is 6.66. The first-order valence-corrected chi connectivity index (χ1v) is 12.5. The highest BCUT2D eigenvalue weighted by Gasteiger charge is 2.36. The number of nitrogens with one attached hydrogen (secondary N) is 1. The number of likely N-dealkylation sites (N-methyl/N-ethyl adjacent to an activating group) is 1. The van der Waals surface area contributed by atoms with Crippen molar-refractivity contribution in [2.75, 3.05) is 39.2 Å². The summed E-state index contributed by atoms with van der Waals surface area (Å²) in [6, 6.07) is 2.81. The van der Waals surface area contributed by atoms with Crippen molar-refractivity contribution in [1.82, 2.24) is 29.4 Å².